The number of hydrogen-bond acceptors (Lipinski definition) is 2. The summed E-state index contributed by atoms with van der Waals surface area (Å²) < 4.78 is 43.3. The van der Waals surface area contributed by atoms with Gasteiger partial charge in [0.1, 0.15) is 5.76 Å². The molecule has 1 atom stereocenters. The summed E-state index contributed by atoms with van der Waals surface area (Å²) in [4.78, 5) is 0. The summed E-state index contributed by atoms with van der Waals surface area (Å²) in [6, 6.07) is 6.94. The van der Waals surface area contributed by atoms with Gasteiger partial charge in [-0.2, -0.15) is 13.2 Å². The molecule has 0 spiro atoms. The lowest BCUT2D eigenvalue weighted by atomic mass is 10.1. The molecular formula is C13H11ClF3NO. The summed E-state index contributed by atoms with van der Waals surface area (Å²) >= 11 is 5.55. The van der Waals surface area contributed by atoms with Gasteiger partial charge in [-0.15, -0.1) is 0 Å². The third-order valence-corrected chi connectivity index (χ3v) is 2.95. The van der Waals surface area contributed by atoms with E-state index in [9.17, 15) is 13.2 Å². The predicted molar refractivity (Wildman–Crippen MR) is 67.2 cm³/mol. The Morgan fingerprint density at radius 1 is 1.26 bits per heavy atom. The molecular weight excluding hydrogens is 279 g/mol. The molecule has 0 aliphatic carbocycles. The molecule has 19 heavy (non-hydrogen) atoms. The highest BCUT2D eigenvalue weighted by Gasteiger charge is 2.33. The molecule has 0 saturated carbocycles. The number of furan rings is 1. The van der Waals surface area contributed by atoms with Crippen LogP contribution in [-0.2, 0) is 6.18 Å². The number of halogens is 4. The molecule has 0 amide bonds. The van der Waals surface area contributed by atoms with Gasteiger partial charge in [0.15, 0.2) is 0 Å². The number of anilines is 1. The summed E-state index contributed by atoms with van der Waals surface area (Å²) in [5, 5.41) is 2.62. The van der Waals surface area contributed by atoms with Crippen LogP contribution in [0, 0.1) is 0 Å². The maximum absolute atomic E-state index is 12.7. The maximum Gasteiger partial charge on any atom is 0.417 e. The highest BCUT2D eigenvalue weighted by molar-refractivity contribution is 6.31. The largest absolute Gasteiger partial charge is 0.467 e. The minimum Gasteiger partial charge on any atom is -0.467 e. The molecule has 0 aliphatic rings. The van der Waals surface area contributed by atoms with E-state index in [1.165, 1.54) is 18.4 Å². The van der Waals surface area contributed by atoms with Crippen molar-refractivity contribution in [3.8, 4) is 0 Å². The Bertz CT molecular complexity index is 552. The van der Waals surface area contributed by atoms with E-state index in [-0.39, 0.29) is 11.1 Å². The fraction of sp³-hybridized carbons (Fsp3) is 0.231. The third kappa shape index (κ3) is 3.23. The van der Waals surface area contributed by atoms with Crippen LogP contribution >= 0.6 is 11.6 Å². The van der Waals surface area contributed by atoms with Gasteiger partial charge in [0.25, 0.3) is 0 Å². The molecule has 0 fully saturated rings. The van der Waals surface area contributed by atoms with E-state index in [2.05, 4.69) is 5.32 Å². The van der Waals surface area contributed by atoms with Gasteiger partial charge in [0.2, 0.25) is 0 Å². The first kappa shape index (κ1) is 13.8. The van der Waals surface area contributed by atoms with Crippen LogP contribution in [0.15, 0.2) is 41.0 Å². The molecule has 2 nitrogen and oxygen atoms in total. The number of hydrogen-bond donors (Lipinski definition) is 1. The quantitative estimate of drug-likeness (QED) is 0.848. The Hall–Kier alpha value is -1.62. The molecule has 102 valence electrons. The Morgan fingerprint density at radius 3 is 2.58 bits per heavy atom. The summed E-state index contributed by atoms with van der Waals surface area (Å²) in [5.41, 5.74) is -0.522. The van der Waals surface area contributed by atoms with Gasteiger partial charge in [0.05, 0.1) is 22.9 Å². The van der Waals surface area contributed by atoms with Crippen molar-refractivity contribution in [2.75, 3.05) is 5.32 Å². The molecule has 1 unspecified atom stereocenters. The van der Waals surface area contributed by atoms with Crippen LogP contribution in [0.4, 0.5) is 18.9 Å². The van der Waals surface area contributed by atoms with Gasteiger partial charge >= 0.3 is 6.18 Å². The van der Waals surface area contributed by atoms with Crippen LogP contribution in [0.25, 0.3) is 0 Å². The van der Waals surface area contributed by atoms with Crippen molar-refractivity contribution in [3.63, 3.8) is 0 Å². The first-order valence-corrected chi connectivity index (χ1v) is 5.92. The molecule has 2 rings (SSSR count). The lowest BCUT2D eigenvalue weighted by molar-refractivity contribution is -0.137. The lowest BCUT2D eigenvalue weighted by Crippen LogP contribution is -2.09. The minimum absolute atomic E-state index is 0.239. The van der Waals surface area contributed by atoms with Crippen molar-refractivity contribution in [1.29, 1.82) is 0 Å². The monoisotopic (exact) mass is 289 g/mol. The van der Waals surface area contributed by atoms with Crippen molar-refractivity contribution < 1.29 is 17.6 Å². The Kier molecular flexibility index (Phi) is 3.75. The molecule has 1 aromatic heterocycles. The van der Waals surface area contributed by atoms with E-state index in [0.29, 0.717) is 11.4 Å². The van der Waals surface area contributed by atoms with E-state index in [1.54, 1.807) is 19.1 Å². The van der Waals surface area contributed by atoms with Crippen molar-refractivity contribution in [3.05, 3.63) is 52.9 Å². The molecule has 1 N–H and O–H groups in total. The van der Waals surface area contributed by atoms with Crippen LogP contribution in [0.1, 0.15) is 24.3 Å². The van der Waals surface area contributed by atoms with Crippen LogP contribution in [0.2, 0.25) is 5.02 Å². The third-order valence-electron chi connectivity index (χ3n) is 2.62. The smallest absolute Gasteiger partial charge is 0.417 e. The van der Waals surface area contributed by atoms with Crippen molar-refractivity contribution in [2.45, 2.75) is 19.1 Å². The van der Waals surface area contributed by atoms with Crippen LogP contribution in [0.5, 0.6) is 0 Å². The maximum atomic E-state index is 12.7. The standard InChI is InChI=1S/C13H11ClF3NO/c1-8(12-3-2-6-19-12)18-9-4-5-11(14)10(7-9)13(15,16)17/h2-8,18H,1H3. The van der Waals surface area contributed by atoms with E-state index in [4.69, 9.17) is 16.0 Å². The van der Waals surface area contributed by atoms with Crippen molar-refractivity contribution >= 4 is 17.3 Å². The van der Waals surface area contributed by atoms with Gasteiger partial charge in [-0.05, 0) is 37.3 Å². The van der Waals surface area contributed by atoms with E-state index in [0.717, 1.165) is 6.07 Å². The molecule has 0 bridgehead atoms. The van der Waals surface area contributed by atoms with Gasteiger partial charge in [-0.3, -0.25) is 0 Å². The molecule has 0 aliphatic heterocycles. The van der Waals surface area contributed by atoms with Gasteiger partial charge in [0, 0.05) is 5.69 Å². The number of alkyl halides is 3. The second-order valence-electron chi connectivity index (χ2n) is 4.07. The second-order valence-corrected chi connectivity index (χ2v) is 4.48. The molecule has 0 radical (unpaired) electrons. The number of rotatable bonds is 3. The van der Waals surface area contributed by atoms with Crippen LogP contribution in [0.3, 0.4) is 0 Å². The molecule has 2 aromatic rings. The van der Waals surface area contributed by atoms with Crippen molar-refractivity contribution in [2.24, 2.45) is 0 Å². The zero-order valence-electron chi connectivity index (χ0n) is 9.96. The zero-order chi connectivity index (χ0) is 14.0. The van der Waals surface area contributed by atoms with Crippen molar-refractivity contribution in [1.82, 2.24) is 0 Å². The zero-order valence-corrected chi connectivity index (χ0v) is 10.7. The SMILES string of the molecule is CC(Nc1ccc(Cl)c(C(F)(F)F)c1)c1ccco1. The summed E-state index contributed by atoms with van der Waals surface area (Å²) in [6.07, 6.45) is -2.96. The average Bonchev–Trinajstić information content (AvgIpc) is 2.83. The Labute approximate surface area is 113 Å². The Morgan fingerprint density at radius 2 is 2.00 bits per heavy atom. The average molecular weight is 290 g/mol. The fourth-order valence-corrected chi connectivity index (χ4v) is 1.92. The Balaban J connectivity index is 2.22. The van der Waals surface area contributed by atoms with Gasteiger partial charge < -0.3 is 9.73 Å². The van der Waals surface area contributed by atoms with Crippen LogP contribution in [-0.4, -0.2) is 0 Å². The lowest BCUT2D eigenvalue weighted by Gasteiger charge is -2.15. The second kappa shape index (κ2) is 5.17. The summed E-state index contributed by atoms with van der Waals surface area (Å²) in [6.45, 7) is 1.79. The summed E-state index contributed by atoms with van der Waals surface area (Å²) in [7, 11) is 0. The molecule has 0 saturated heterocycles. The fourth-order valence-electron chi connectivity index (χ4n) is 1.69. The summed E-state index contributed by atoms with van der Waals surface area (Å²) in [5.74, 6) is 0.642. The topological polar surface area (TPSA) is 25.2 Å². The molecule has 1 heterocycles. The van der Waals surface area contributed by atoms with E-state index >= 15 is 0 Å². The molecule has 6 heteroatoms. The molecule has 1 aromatic carbocycles. The van der Waals surface area contributed by atoms with Gasteiger partial charge in [-0.25, -0.2) is 0 Å². The first-order valence-electron chi connectivity index (χ1n) is 5.54. The predicted octanol–water partition coefficient (Wildman–Crippen LogP) is 5.12. The van der Waals surface area contributed by atoms with Gasteiger partial charge in [-0.1, -0.05) is 11.6 Å². The minimum atomic E-state index is -4.47. The normalized spacial score (nSPS) is 13.3. The van der Waals surface area contributed by atoms with E-state index < -0.39 is 11.7 Å². The highest BCUT2D eigenvalue weighted by atomic mass is 35.5. The number of nitrogens with one attached hydrogen (secondary N) is 1. The highest BCUT2D eigenvalue weighted by Crippen LogP contribution is 2.36. The van der Waals surface area contributed by atoms with Crippen LogP contribution < -0.4 is 5.32 Å². The van der Waals surface area contributed by atoms with E-state index in [1.807, 2.05) is 0 Å². The first-order chi connectivity index (χ1) is 8.88. The number of benzene rings is 1.